The Kier molecular flexibility index (Phi) is 4.57. The fourth-order valence-electron chi connectivity index (χ4n) is 2.38. The highest BCUT2D eigenvalue weighted by Gasteiger charge is 2.66. The summed E-state index contributed by atoms with van der Waals surface area (Å²) in [4.78, 5) is 23.1. The molecule has 1 amide bonds. The molecule has 0 radical (unpaired) electrons. The van der Waals surface area contributed by atoms with Crippen LogP contribution in [0.1, 0.15) is 27.2 Å². The zero-order chi connectivity index (χ0) is 14.7. The number of hydrogen-bond acceptors (Lipinski definition) is 4. The van der Waals surface area contributed by atoms with Gasteiger partial charge in [-0.2, -0.15) is 0 Å². The van der Waals surface area contributed by atoms with Crippen molar-refractivity contribution in [1.29, 1.82) is 0 Å². The number of aliphatic carboxylic acids is 1. The molecule has 6 nitrogen and oxygen atoms in total. The van der Waals surface area contributed by atoms with Gasteiger partial charge >= 0.3 is 12.1 Å². The molecule has 2 atom stereocenters. The molecule has 0 unspecified atom stereocenters. The molecule has 0 bridgehead atoms. The topological polar surface area (TPSA) is 84.9 Å². The Bertz CT molecular complexity index is 379. The van der Waals surface area contributed by atoms with Crippen molar-refractivity contribution < 1.29 is 24.2 Å². The summed E-state index contributed by atoms with van der Waals surface area (Å²) in [5.74, 6) is -1.08. The molecule has 0 aliphatic heterocycles. The molecule has 0 aromatic carbocycles. The monoisotopic (exact) mass is 271 g/mol. The molecule has 1 aliphatic carbocycles. The van der Waals surface area contributed by atoms with Gasteiger partial charge in [0, 0.05) is 18.4 Å². The Hall–Kier alpha value is -1.56. The standard InChI is InChI=1S/C13H21NO5/c1-5-7-19-11(17)14-13(10(15)16)8-9(18-6-2)12(13,3)4/h5,9H,1,6-8H2,2-4H3,(H,14,17)(H,15,16)/t9-,13-/m1/s1. The van der Waals surface area contributed by atoms with Crippen LogP contribution in [-0.4, -0.2) is 42.0 Å². The minimum atomic E-state index is -1.36. The molecule has 6 heteroatoms. The summed E-state index contributed by atoms with van der Waals surface area (Å²) in [6.45, 7) is 9.34. The fraction of sp³-hybridized carbons (Fsp3) is 0.692. The maximum atomic E-state index is 11.6. The minimum absolute atomic E-state index is 0.0385. The van der Waals surface area contributed by atoms with Crippen LogP contribution in [-0.2, 0) is 14.3 Å². The van der Waals surface area contributed by atoms with Gasteiger partial charge in [0.2, 0.25) is 0 Å². The SMILES string of the molecule is C=CCOC(=O)N[C@@]1(C(=O)O)C[C@@H](OCC)C1(C)C. The summed E-state index contributed by atoms with van der Waals surface area (Å²) >= 11 is 0. The van der Waals surface area contributed by atoms with Gasteiger partial charge in [-0.25, -0.2) is 9.59 Å². The smallest absolute Gasteiger partial charge is 0.408 e. The van der Waals surface area contributed by atoms with E-state index in [0.717, 1.165) is 0 Å². The number of rotatable bonds is 6. The summed E-state index contributed by atoms with van der Waals surface area (Å²) < 4.78 is 10.3. The third kappa shape index (κ3) is 2.58. The van der Waals surface area contributed by atoms with Gasteiger partial charge in [-0.1, -0.05) is 26.5 Å². The fourth-order valence-corrected chi connectivity index (χ4v) is 2.38. The first-order chi connectivity index (χ1) is 8.81. The van der Waals surface area contributed by atoms with E-state index in [-0.39, 0.29) is 19.1 Å². The van der Waals surface area contributed by atoms with E-state index >= 15 is 0 Å². The normalized spacial score (nSPS) is 28.1. The molecule has 0 spiro atoms. The predicted octanol–water partition coefficient (Wildman–Crippen LogP) is 1.56. The summed E-state index contributed by atoms with van der Waals surface area (Å²) in [6.07, 6.45) is 0.688. The van der Waals surface area contributed by atoms with Crippen LogP contribution in [0.5, 0.6) is 0 Å². The van der Waals surface area contributed by atoms with Gasteiger partial charge in [0.1, 0.15) is 6.61 Å². The minimum Gasteiger partial charge on any atom is -0.479 e. The summed E-state index contributed by atoms with van der Waals surface area (Å²) in [7, 11) is 0. The second-order valence-corrected chi connectivity index (χ2v) is 5.09. The molecule has 1 rings (SSSR count). The first-order valence-electron chi connectivity index (χ1n) is 6.22. The Balaban J connectivity index is 2.81. The molecule has 1 fully saturated rings. The molecular formula is C13H21NO5. The van der Waals surface area contributed by atoms with E-state index in [1.54, 1.807) is 13.8 Å². The van der Waals surface area contributed by atoms with Crippen LogP contribution in [0.2, 0.25) is 0 Å². The van der Waals surface area contributed by atoms with E-state index in [4.69, 9.17) is 9.47 Å². The van der Waals surface area contributed by atoms with Gasteiger partial charge in [0.15, 0.2) is 5.54 Å². The molecule has 1 aliphatic rings. The maximum absolute atomic E-state index is 11.6. The summed E-state index contributed by atoms with van der Waals surface area (Å²) in [6, 6.07) is 0. The van der Waals surface area contributed by atoms with E-state index in [1.807, 2.05) is 6.92 Å². The van der Waals surface area contributed by atoms with E-state index in [0.29, 0.717) is 6.61 Å². The Morgan fingerprint density at radius 1 is 1.53 bits per heavy atom. The van der Waals surface area contributed by atoms with Gasteiger partial charge in [-0.15, -0.1) is 0 Å². The largest absolute Gasteiger partial charge is 0.479 e. The molecule has 0 aromatic rings. The van der Waals surface area contributed by atoms with Crippen molar-refractivity contribution in [2.45, 2.75) is 38.8 Å². The van der Waals surface area contributed by atoms with Crippen LogP contribution in [0, 0.1) is 5.41 Å². The highest BCUT2D eigenvalue weighted by molar-refractivity contribution is 5.87. The quantitative estimate of drug-likeness (QED) is 0.716. The van der Waals surface area contributed by atoms with Crippen molar-refractivity contribution >= 4 is 12.1 Å². The molecule has 2 N–H and O–H groups in total. The number of ether oxygens (including phenoxy) is 2. The molecule has 0 heterocycles. The first kappa shape index (κ1) is 15.5. The molecular weight excluding hydrogens is 250 g/mol. The van der Waals surface area contributed by atoms with E-state index < -0.39 is 23.0 Å². The number of alkyl carbamates (subject to hydrolysis) is 1. The van der Waals surface area contributed by atoms with Crippen LogP contribution >= 0.6 is 0 Å². The number of carbonyl (C=O) groups is 2. The van der Waals surface area contributed by atoms with Crippen LogP contribution in [0.15, 0.2) is 12.7 Å². The number of carboxylic acids is 1. The average Bonchev–Trinajstić information content (AvgIpc) is 2.34. The molecule has 19 heavy (non-hydrogen) atoms. The highest BCUT2D eigenvalue weighted by atomic mass is 16.5. The van der Waals surface area contributed by atoms with Crippen molar-refractivity contribution in [1.82, 2.24) is 5.32 Å². The number of hydrogen-bond donors (Lipinski definition) is 2. The van der Waals surface area contributed by atoms with Crippen LogP contribution in [0.25, 0.3) is 0 Å². The Morgan fingerprint density at radius 2 is 2.16 bits per heavy atom. The van der Waals surface area contributed by atoms with Crippen molar-refractivity contribution in [3.05, 3.63) is 12.7 Å². The lowest BCUT2D eigenvalue weighted by molar-refractivity contribution is -0.191. The maximum Gasteiger partial charge on any atom is 0.408 e. The summed E-state index contributed by atoms with van der Waals surface area (Å²) in [5.41, 5.74) is -2.06. The van der Waals surface area contributed by atoms with Crippen LogP contribution in [0.4, 0.5) is 4.79 Å². The molecule has 0 aromatic heterocycles. The zero-order valence-corrected chi connectivity index (χ0v) is 11.6. The van der Waals surface area contributed by atoms with E-state index in [1.165, 1.54) is 6.08 Å². The van der Waals surface area contributed by atoms with Gasteiger partial charge < -0.3 is 19.9 Å². The predicted molar refractivity (Wildman–Crippen MR) is 68.9 cm³/mol. The number of nitrogens with one attached hydrogen (secondary N) is 1. The van der Waals surface area contributed by atoms with Gasteiger partial charge in [-0.05, 0) is 6.92 Å². The molecule has 1 saturated carbocycles. The van der Waals surface area contributed by atoms with E-state index in [9.17, 15) is 14.7 Å². The summed E-state index contributed by atoms with van der Waals surface area (Å²) in [5, 5.41) is 11.9. The second-order valence-electron chi connectivity index (χ2n) is 5.09. The third-order valence-electron chi connectivity index (χ3n) is 3.78. The third-order valence-corrected chi connectivity index (χ3v) is 3.78. The second kappa shape index (κ2) is 5.61. The van der Waals surface area contributed by atoms with Crippen molar-refractivity contribution in [2.75, 3.05) is 13.2 Å². The Morgan fingerprint density at radius 3 is 2.58 bits per heavy atom. The van der Waals surface area contributed by atoms with Gasteiger partial charge in [-0.3, -0.25) is 0 Å². The van der Waals surface area contributed by atoms with Crippen molar-refractivity contribution in [3.8, 4) is 0 Å². The lowest BCUT2D eigenvalue weighted by Gasteiger charge is -2.57. The van der Waals surface area contributed by atoms with Crippen molar-refractivity contribution in [3.63, 3.8) is 0 Å². The van der Waals surface area contributed by atoms with Crippen molar-refractivity contribution in [2.24, 2.45) is 5.41 Å². The van der Waals surface area contributed by atoms with Crippen LogP contribution < -0.4 is 5.32 Å². The first-order valence-corrected chi connectivity index (χ1v) is 6.22. The molecule has 0 saturated heterocycles. The highest BCUT2D eigenvalue weighted by Crippen LogP contribution is 2.51. The lowest BCUT2D eigenvalue weighted by Crippen LogP contribution is -2.76. The number of amides is 1. The van der Waals surface area contributed by atoms with E-state index in [2.05, 4.69) is 11.9 Å². The van der Waals surface area contributed by atoms with Gasteiger partial charge in [0.05, 0.1) is 6.10 Å². The van der Waals surface area contributed by atoms with Crippen LogP contribution in [0.3, 0.4) is 0 Å². The average molecular weight is 271 g/mol. The zero-order valence-electron chi connectivity index (χ0n) is 11.6. The van der Waals surface area contributed by atoms with Gasteiger partial charge in [0.25, 0.3) is 0 Å². The number of carbonyl (C=O) groups excluding carboxylic acids is 1. The Labute approximate surface area is 112 Å². The molecule has 108 valence electrons. The lowest BCUT2D eigenvalue weighted by atomic mass is 9.54. The number of carboxylic acid groups (broad SMARTS) is 1.